The topological polar surface area (TPSA) is 9.23 Å². The maximum Gasteiger partial charge on any atom is 0.118 e. The lowest BCUT2D eigenvalue weighted by molar-refractivity contribution is 0.415. The average molecular weight is 330 g/mol. The highest BCUT2D eigenvalue weighted by molar-refractivity contribution is 14.1. The second-order valence-electron chi connectivity index (χ2n) is 3.76. The van der Waals surface area contributed by atoms with Crippen molar-refractivity contribution in [2.75, 3.05) is 7.11 Å². The first-order valence-corrected chi connectivity index (χ1v) is 6.95. The molecule has 0 saturated carbocycles. The van der Waals surface area contributed by atoms with E-state index in [0.29, 0.717) is 0 Å². The van der Waals surface area contributed by atoms with Crippen molar-refractivity contribution in [1.29, 1.82) is 0 Å². The molecule has 0 amide bonds. The van der Waals surface area contributed by atoms with Crippen LogP contribution in [0.15, 0.2) is 30.3 Å². The van der Waals surface area contributed by atoms with Gasteiger partial charge in [-0.05, 0) is 37.0 Å². The summed E-state index contributed by atoms with van der Waals surface area (Å²) in [6.07, 6.45) is 8.12. The highest BCUT2D eigenvalue weighted by Gasteiger charge is 1.97. The van der Waals surface area contributed by atoms with Crippen molar-refractivity contribution in [3.05, 3.63) is 35.9 Å². The van der Waals surface area contributed by atoms with Crippen molar-refractivity contribution in [1.82, 2.24) is 0 Å². The van der Waals surface area contributed by atoms with Gasteiger partial charge in [0.05, 0.1) is 7.11 Å². The molecule has 1 rings (SSSR count). The van der Waals surface area contributed by atoms with E-state index in [1.165, 1.54) is 18.4 Å². The van der Waals surface area contributed by atoms with Crippen molar-refractivity contribution in [3.63, 3.8) is 0 Å². The Morgan fingerprint density at radius 1 is 1.31 bits per heavy atom. The number of allylic oxidation sites excluding steroid dienone is 1. The lowest BCUT2D eigenvalue weighted by Gasteiger charge is -2.02. The van der Waals surface area contributed by atoms with Gasteiger partial charge in [0.15, 0.2) is 0 Å². The summed E-state index contributed by atoms with van der Waals surface area (Å²) >= 11 is 2.52. The normalized spacial score (nSPS) is 12.9. The number of methoxy groups -OCH3 is 1. The van der Waals surface area contributed by atoms with E-state index in [0.717, 1.165) is 16.1 Å². The smallest absolute Gasteiger partial charge is 0.118 e. The van der Waals surface area contributed by atoms with Gasteiger partial charge in [-0.1, -0.05) is 53.8 Å². The van der Waals surface area contributed by atoms with Crippen LogP contribution in [0.4, 0.5) is 0 Å². The number of rotatable bonds is 6. The fraction of sp³-hybridized carbons (Fsp3) is 0.429. The summed E-state index contributed by atoms with van der Waals surface area (Å²) in [6, 6.07) is 8.15. The third-order valence-corrected chi connectivity index (χ3v) is 4.02. The van der Waals surface area contributed by atoms with Gasteiger partial charge in [0.1, 0.15) is 5.75 Å². The summed E-state index contributed by atoms with van der Waals surface area (Å²) in [5.41, 5.74) is 1.24. The number of benzene rings is 1. The molecule has 0 saturated heterocycles. The third-order valence-electron chi connectivity index (χ3n) is 2.52. The molecule has 0 fully saturated rings. The second kappa shape index (κ2) is 7.71. The van der Waals surface area contributed by atoms with Gasteiger partial charge in [0.25, 0.3) is 0 Å². The first-order chi connectivity index (χ1) is 7.76. The minimum Gasteiger partial charge on any atom is -0.497 e. The van der Waals surface area contributed by atoms with Crippen molar-refractivity contribution >= 4 is 28.7 Å². The van der Waals surface area contributed by atoms with Crippen molar-refractivity contribution in [2.24, 2.45) is 0 Å². The van der Waals surface area contributed by atoms with Gasteiger partial charge in [0.2, 0.25) is 0 Å². The van der Waals surface area contributed by atoms with Gasteiger partial charge >= 0.3 is 0 Å². The van der Waals surface area contributed by atoms with E-state index in [9.17, 15) is 0 Å². The minimum atomic E-state index is 0.804. The molecule has 0 N–H and O–H groups in total. The Balaban J connectivity index is 2.38. The second-order valence-corrected chi connectivity index (χ2v) is 5.52. The summed E-state index contributed by atoms with van der Waals surface area (Å²) in [4.78, 5) is 0. The largest absolute Gasteiger partial charge is 0.497 e. The third kappa shape index (κ3) is 5.01. The van der Waals surface area contributed by atoms with Crippen molar-refractivity contribution < 1.29 is 4.74 Å². The molecule has 0 aromatic heterocycles. The predicted molar refractivity (Wildman–Crippen MR) is 79.4 cm³/mol. The molecule has 0 radical (unpaired) electrons. The van der Waals surface area contributed by atoms with Gasteiger partial charge < -0.3 is 4.74 Å². The fourth-order valence-corrected chi connectivity index (χ4v) is 1.78. The van der Waals surface area contributed by atoms with Crippen LogP contribution in [0.1, 0.15) is 31.7 Å². The molecule has 2 heteroatoms. The first kappa shape index (κ1) is 13.6. The van der Waals surface area contributed by atoms with E-state index in [4.69, 9.17) is 4.74 Å². The SMILES string of the molecule is CCC(I)CCC=Cc1ccc(OC)cc1. The summed E-state index contributed by atoms with van der Waals surface area (Å²) in [5, 5.41) is 0. The standard InChI is InChI=1S/C14H19IO/c1-3-13(15)7-5-4-6-12-8-10-14(16-2)11-9-12/h4,6,8-11,13H,3,5,7H2,1-2H3. The Morgan fingerprint density at radius 2 is 2.00 bits per heavy atom. The van der Waals surface area contributed by atoms with Crippen LogP contribution >= 0.6 is 22.6 Å². The summed E-state index contributed by atoms with van der Waals surface area (Å²) < 4.78 is 5.92. The first-order valence-electron chi connectivity index (χ1n) is 5.71. The molecular weight excluding hydrogens is 311 g/mol. The number of hydrogen-bond acceptors (Lipinski definition) is 1. The van der Waals surface area contributed by atoms with Crippen LogP contribution in [0.5, 0.6) is 5.75 Å². The highest BCUT2D eigenvalue weighted by Crippen LogP contribution is 2.15. The van der Waals surface area contributed by atoms with Crippen LogP contribution in [0, 0.1) is 0 Å². The van der Waals surface area contributed by atoms with E-state index in [2.05, 4.69) is 53.8 Å². The zero-order valence-electron chi connectivity index (χ0n) is 9.95. The Kier molecular flexibility index (Phi) is 6.53. The van der Waals surface area contributed by atoms with Crippen LogP contribution in [-0.4, -0.2) is 11.0 Å². The van der Waals surface area contributed by atoms with Gasteiger partial charge in [-0.15, -0.1) is 0 Å². The molecule has 1 unspecified atom stereocenters. The van der Waals surface area contributed by atoms with Crippen LogP contribution in [0.3, 0.4) is 0 Å². The van der Waals surface area contributed by atoms with E-state index in [1.54, 1.807) is 7.11 Å². The van der Waals surface area contributed by atoms with Gasteiger partial charge in [-0.25, -0.2) is 0 Å². The molecule has 16 heavy (non-hydrogen) atoms. The Morgan fingerprint density at radius 3 is 2.56 bits per heavy atom. The van der Waals surface area contributed by atoms with Crippen LogP contribution < -0.4 is 4.74 Å². The number of alkyl halides is 1. The maximum absolute atomic E-state index is 5.12. The minimum absolute atomic E-state index is 0.804. The zero-order valence-corrected chi connectivity index (χ0v) is 12.1. The Hall–Kier alpha value is -0.510. The van der Waals surface area contributed by atoms with Gasteiger partial charge in [0, 0.05) is 3.92 Å². The lowest BCUT2D eigenvalue weighted by atomic mass is 10.1. The monoisotopic (exact) mass is 330 g/mol. The van der Waals surface area contributed by atoms with E-state index >= 15 is 0 Å². The zero-order chi connectivity index (χ0) is 11.8. The van der Waals surface area contributed by atoms with Crippen LogP contribution in [0.2, 0.25) is 0 Å². The quantitative estimate of drug-likeness (QED) is 0.542. The molecule has 0 bridgehead atoms. The fourth-order valence-electron chi connectivity index (χ4n) is 1.42. The Bertz CT molecular complexity index is 316. The van der Waals surface area contributed by atoms with Gasteiger partial charge in [-0.2, -0.15) is 0 Å². The molecular formula is C14H19IO. The van der Waals surface area contributed by atoms with E-state index in [-0.39, 0.29) is 0 Å². The van der Waals surface area contributed by atoms with Crippen molar-refractivity contribution in [2.45, 2.75) is 30.1 Å². The number of hydrogen-bond donors (Lipinski definition) is 0. The average Bonchev–Trinajstić information content (AvgIpc) is 2.35. The number of halogens is 1. The molecule has 0 aliphatic carbocycles. The molecule has 0 aliphatic heterocycles. The number of ether oxygens (including phenoxy) is 1. The van der Waals surface area contributed by atoms with Crippen LogP contribution in [-0.2, 0) is 0 Å². The summed E-state index contributed by atoms with van der Waals surface area (Å²) in [7, 11) is 1.69. The molecule has 0 heterocycles. The highest BCUT2D eigenvalue weighted by atomic mass is 127. The van der Waals surface area contributed by atoms with Gasteiger partial charge in [-0.3, -0.25) is 0 Å². The lowest BCUT2D eigenvalue weighted by Crippen LogP contribution is -1.92. The summed E-state index contributed by atoms with van der Waals surface area (Å²) in [5.74, 6) is 0.912. The van der Waals surface area contributed by atoms with E-state index < -0.39 is 0 Å². The van der Waals surface area contributed by atoms with Crippen molar-refractivity contribution in [3.8, 4) is 5.75 Å². The van der Waals surface area contributed by atoms with E-state index in [1.807, 2.05) is 12.1 Å². The predicted octanol–water partition coefficient (Wildman–Crippen LogP) is 4.70. The molecule has 88 valence electrons. The molecule has 0 aliphatic rings. The molecule has 1 atom stereocenters. The molecule has 1 aromatic carbocycles. The Labute approximate surface area is 112 Å². The van der Waals surface area contributed by atoms with Crippen LogP contribution in [0.25, 0.3) is 6.08 Å². The molecule has 1 nitrogen and oxygen atoms in total. The molecule has 0 spiro atoms. The maximum atomic E-state index is 5.12. The summed E-state index contributed by atoms with van der Waals surface area (Å²) in [6.45, 7) is 2.24. The molecule has 1 aromatic rings.